The second kappa shape index (κ2) is 6.07. The fraction of sp³-hybridized carbons (Fsp3) is 0.143. The normalized spacial score (nSPS) is 12.4. The first-order chi connectivity index (χ1) is 8.63. The average Bonchev–Trinajstić information content (AvgIpc) is 2.35. The monoisotopic (exact) mass is 343 g/mol. The summed E-state index contributed by atoms with van der Waals surface area (Å²) < 4.78 is 1.04. The van der Waals surface area contributed by atoms with E-state index in [1.54, 1.807) is 6.07 Å². The average molecular weight is 345 g/mol. The van der Waals surface area contributed by atoms with Gasteiger partial charge in [-0.1, -0.05) is 63.4 Å². The van der Waals surface area contributed by atoms with E-state index in [0.29, 0.717) is 10.0 Å². The third-order valence-corrected chi connectivity index (χ3v) is 4.09. The van der Waals surface area contributed by atoms with Crippen LogP contribution in [-0.4, -0.2) is 7.05 Å². The smallest absolute Gasteiger partial charge is 0.0643 e. The Morgan fingerprint density at radius 1 is 1.11 bits per heavy atom. The van der Waals surface area contributed by atoms with E-state index in [-0.39, 0.29) is 6.04 Å². The summed E-state index contributed by atoms with van der Waals surface area (Å²) in [6.07, 6.45) is 0. The summed E-state index contributed by atoms with van der Waals surface area (Å²) in [6.45, 7) is 0. The molecule has 2 aromatic carbocycles. The van der Waals surface area contributed by atoms with E-state index in [2.05, 4.69) is 33.4 Å². The van der Waals surface area contributed by atoms with Gasteiger partial charge in [-0.2, -0.15) is 0 Å². The van der Waals surface area contributed by atoms with Crippen LogP contribution in [0.25, 0.3) is 0 Å². The van der Waals surface area contributed by atoms with Gasteiger partial charge in [0, 0.05) is 4.47 Å². The van der Waals surface area contributed by atoms with Crippen LogP contribution in [0.1, 0.15) is 17.2 Å². The number of nitrogens with one attached hydrogen (secondary N) is 1. The predicted molar refractivity (Wildman–Crippen MR) is 81.5 cm³/mol. The third-order valence-electron chi connectivity index (χ3n) is 2.76. The number of hydrogen-bond donors (Lipinski definition) is 1. The number of halogens is 3. The number of hydrogen-bond acceptors (Lipinski definition) is 1. The summed E-state index contributed by atoms with van der Waals surface area (Å²) >= 11 is 15.8. The third kappa shape index (κ3) is 2.89. The Morgan fingerprint density at radius 3 is 2.50 bits per heavy atom. The van der Waals surface area contributed by atoms with E-state index in [1.165, 1.54) is 0 Å². The maximum atomic E-state index is 6.27. The second-order valence-corrected chi connectivity index (χ2v) is 5.62. The molecule has 0 fully saturated rings. The highest BCUT2D eigenvalue weighted by Gasteiger charge is 2.16. The summed E-state index contributed by atoms with van der Waals surface area (Å²) in [6, 6.07) is 13.8. The lowest BCUT2D eigenvalue weighted by Gasteiger charge is -2.19. The van der Waals surface area contributed by atoms with Crippen molar-refractivity contribution in [3.8, 4) is 0 Å². The second-order valence-electron chi connectivity index (χ2n) is 3.92. The van der Waals surface area contributed by atoms with Crippen molar-refractivity contribution in [3.63, 3.8) is 0 Å². The van der Waals surface area contributed by atoms with Crippen molar-refractivity contribution >= 4 is 39.1 Å². The lowest BCUT2D eigenvalue weighted by Crippen LogP contribution is -2.18. The molecule has 0 heterocycles. The highest BCUT2D eigenvalue weighted by Crippen LogP contribution is 2.33. The molecular weight excluding hydrogens is 333 g/mol. The van der Waals surface area contributed by atoms with Gasteiger partial charge in [0.1, 0.15) is 0 Å². The Labute approximate surface area is 125 Å². The molecule has 0 aliphatic rings. The minimum Gasteiger partial charge on any atom is -0.309 e. The molecule has 1 atom stereocenters. The van der Waals surface area contributed by atoms with Gasteiger partial charge < -0.3 is 5.32 Å². The summed E-state index contributed by atoms with van der Waals surface area (Å²) in [7, 11) is 1.91. The van der Waals surface area contributed by atoms with Gasteiger partial charge in [0.15, 0.2) is 0 Å². The van der Waals surface area contributed by atoms with Crippen molar-refractivity contribution in [3.05, 3.63) is 68.1 Å². The van der Waals surface area contributed by atoms with Gasteiger partial charge >= 0.3 is 0 Å². The van der Waals surface area contributed by atoms with Crippen molar-refractivity contribution in [2.24, 2.45) is 0 Å². The maximum absolute atomic E-state index is 6.27. The first kappa shape index (κ1) is 13.9. The van der Waals surface area contributed by atoms with E-state index in [0.717, 1.165) is 15.6 Å². The Balaban J connectivity index is 2.49. The van der Waals surface area contributed by atoms with Gasteiger partial charge in [0.25, 0.3) is 0 Å². The van der Waals surface area contributed by atoms with Gasteiger partial charge in [0.05, 0.1) is 16.1 Å². The molecular formula is C14H12BrCl2N. The topological polar surface area (TPSA) is 12.0 Å². The first-order valence-electron chi connectivity index (χ1n) is 5.50. The molecule has 1 unspecified atom stereocenters. The van der Waals surface area contributed by atoms with E-state index in [9.17, 15) is 0 Å². The van der Waals surface area contributed by atoms with Crippen LogP contribution >= 0.6 is 39.1 Å². The number of benzene rings is 2. The van der Waals surface area contributed by atoms with Gasteiger partial charge in [-0.15, -0.1) is 0 Å². The van der Waals surface area contributed by atoms with Crippen molar-refractivity contribution < 1.29 is 0 Å². The molecule has 0 aromatic heterocycles. The van der Waals surface area contributed by atoms with E-state index < -0.39 is 0 Å². The maximum Gasteiger partial charge on any atom is 0.0643 e. The van der Waals surface area contributed by atoms with Crippen LogP contribution in [0.3, 0.4) is 0 Å². The molecule has 0 bridgehead atoms. The van der Waals surface area contributed by atoms with Gasteiger partial charge in [-0.25, -0.2) is 0 Å². The Bertz CT molecular complexity index is 557. The molecule has 0 saturated heterocycles. The first-order valence-corrected chi connectivity index (χ1v) is 7.05. The van der Waals surface area contributed by atoms with Gasteiger partial charge in [0.2, 0.25) is 0 Å². The highest BCUT2D eigenvalue weighted by molar-refractivity contribution is 9.10. The molecule has 0 spiro atoms. The zero-order valence-corrected chi connectivity index (χ0v) is 12.9. The van der Waals surface area contributed by atoms with Crippen LogP contribution in [0, 0.1) is 0 Å². The van der Waals surface area contributed by atoms with Crippen molar-refractivity contribution in [1.29, 1.82) is 0 Å². The molecule has 18 heavy (non-hydrogen) atoms. The van der Waals surface area contributed by atoms with Crippen LogP contribution in [0.15, 0.2) is 46.9 Å². The lowest BCUT2D eigenvalue weighted by molar-refractivity contribution is 0.692. The molecule has 0 radical (unpaired) electrons. The van der Waals surface area contributed by atoms with Crippen molar-refractivity contribution in [2.75, 3.05) is 7.05 Å². The van der Waals surface area contributed by atoms with Crippen molar-refractivity contribution in [1.82, 2.24) is 5.32 Å². The van der Waals surface area contributed by atoms with E-state index >= 15 is 0 Å². The van der Waals surface area contributed by atoms with Gasteiger partial charge in [-0.05, 0) is 36.4 Å². The van der Waals surface area contributed by atoms with Gasteiger partial charge in [-0.3, -0.25) is 0 Å². The molecule has 4 heteroatoms. The van der Waals surface area contributed by atoms with Crippen LogP contribution in [-0.2, 0) is 0 Å². The SMILES string of the molecule is CNC(c1cccc(Br)c1)c1cccc(Cl)c1Cl. The predicted octanol–water partition coefficient (Wildman–Crippen LogP) is 5.06. The molecule has 2 aromatic rings. The lowest BCUT2D eigenvalue weighted by atomic mass is 9.99. The molecule has 0 amide bonds. The fourth-order valence-corrected chi connectivity index (χ4v) is 2.77. The van der Waals surface area contributed by atoms with Crippen LogP contribution in [0.5, 0.6) is 0 Å². The Hall–Kier alpha value is -0.540. The molecule has 0 aliphatic carbocycles. The Morgan fingerprint density at radius 2 is 1.83 bits per heavy atom. The minimum atomic E-state index is 0.0219. The van der Waals surface area contributed by atoms with Crippen LogP contribution in [0.4, 0.5) is 0 Å². The highest BCUT2D eigenvalue weighted by atomic mass is 79.9. The molecule has 1 N–H and O–H groups in total. The fourth-order valence-electron chi connectivity index (χ4n) is 1.93. The molecule has 0 aliphatic heterocycles. The summed E-state index contributed by atoms with van der Waals surface area (Å²) in [5.41, 5.74) is 2.11. The van der Waals surface area contributed by atoms with E-state index in [4.69, 9.17) is 23.2 Å². The Kier molecular flexibility index (Phi) is 4.68. The summed E-state index contributed by atoms with van der Waals surface area (Å²) in [5, 5.41) is 4.44. The number of rotatable bonds is 3. The summed E-state index contributed by atoms with van der Waals surface area (Å²) in [4.78, 5) is 0. The van der Waals surface area contributed by atoms with Crippen LogP contribution < -0.4 is 5.32 Å². The molecule has 1 nitrogen and oxygen atoms in total. The minimum absolute atomic E-state index is 0.0219. The standard InChI is InChI=1S/C14H12BrCl2N/c1-18-14(9-4-2-5-10(15)8-9)11-6-3-7-12(16)13(11)17/h2-8,14,18H,1H3. The van der Waals surface area contributed by atoms with E-state index in [1.807, 2.05) is 31.3 Å². The zero-order chi connectivity index (χ0) is 13.1. The molecule has 94 valence electrons. The quantitative estimate of drug-likeness (QED) is 0.820. The molecule has 2 rings (SSSR count). The molecule has 0 saturated carbocycles. The van der Waals surface area contributed by atoms with Crippen molar-refractivity contribution in [2.45, 2.75) is 6.04 Å². The van der Waals surface area contributed by atoms with Crippen LogP contribution in [0.2, 0.25) is 10.0 Å². The zero-order valence-electron chi connectivity index (χ0n) is 9.75. The summed E-state index contributed by atoms with van der Waals surface area (Å²) in [5.74, 6) is 0. The largest absolute Gasteiger partial charge is 0.309 e.